The Morgan fingerprint density at radius 3 is 2.44 bits per heavy atom. The summed E-state index contributed by atoms with van der Waals surface area (Å²) in [5, 5.41) is 9.65. The highest BCUT2D eigenvalue weighted by atomic mass is 35.5. The van der Waals surface area contributed by atoms with E-state index in [1.807, 2.05) is 0 Å². The van der Waals surface area contributed by atoms with Gasteiger partial charge in [0.25, 0.3) is 0 Å². The number of carboxylic acid groups (broad SMARTS) is 1. The molecule has 0 radical (unpaired) electrons. The Labute approximate surface area is 113 Å². The molecule has 0 atom stereocenters. The second-order valence-corrected chi connectivity index (χ2v) is 4.25. The molecular weight excluding hydrogens is 277 g/mol. The van der Waals surface area contributed by atoms with Gasteiger partial charge in [0.05, 0.1) is 0 Å². The van der Waals surface area contributed by atoms with Crippen LogP contribution < -0.4 is 4.74 Å². The van der Waals surface area contributed by atoms with Crippen LogP contribution in [0.3, 0.4) is 0 Å². The van der Waals surface area contributed by atoms with E-state index in [9.17, 15) is 4.79 Å². The predicted molar refractivity (Wildman–Crippen MR) is 67.7 cm³/mol. The molecule has 1 aromatic carbocycles. The number of rotatable bonds is 3. The third kappa shape index (κ3) is 3.12. The lowest BCUT2D eigenvalue weighted by atomic mass is 10.3. The Kier molecular flexibility index (Phi) is 3.69. The van der Waals surface area contributed by atoms with Crippen molar-refractivity contribution < 1.29 is 14.6 Å². The van der Waals surface area contributed by atoms with E-state index in [4.69, 9.17) is 33.0 Å². The molecule has 0 aliphatic heterocycles. The van der Waals surface area contributed by atoms with Gasteiger partial charge in [-0.25, -0.2) is 9.78 Å². The molecule has 0 aliphatic carbocycles. The number of nitrogens with zero attached hydrogens (tertiary/aromatic N) is 1. The maximum absolute atomic E-state index is 10.8. The summed E-state index contributed by atoms with van der Waals surface area (Å²) in [5.41, 5.74) is -0.0966. The average Bonchev–Trinajstić information content (AvgIpc) is 2.27. The SMILES string of the molecule is O=C(O)c1cccc(Oc2cc(Cl)cc(Cl)c2)n1. The maximum atomic E-state index is 10.8. The molecule has 1 heterocycles. The summed E-state index contributed by atoms with van der Waals surface area (Å²) in [6.45, 7) is 0. The van der Waals surface area contributed by atoms with Crippen molar-refractivity contribution in [2.24, 2.45) is 0 Å². The minimum absolute atomic E-state index is 0.0966. The van der Waals surface area contributed by atoms with Gasteiger partial charge in [0.1, 0.15) is 5.75 Å². The lowest BCUT2D eigenvalue weighted by Crippen LogP contribution is -2.00. The quantitative estimate of drug-likeness (QED) is 0.929. The van der Waals surface area contributed by atoms with E-state index in [0.29, 0.717) is 15.8 Å². The molecule has 0 saturated heterocycles. The monoisotopic (exact) mass is 283 g/mol. The second kappa shape index (κ2) is 5.25. The van der Waals surface area contributed by atoms with Crippen LogP contribution in [0.25, 0.3) is 0 Å². The summed E-state index contributed by atoms with van der Waals surface area (Å²) < 4.78 is 5.39. The van der Waals surface area contributed by atoms with Gasteiger partial charge in [0, 0.05) is 16.1 Å². The zero-order valence-electron chi connectivity index (χ0n) is 8.93. The molecule has 6 heteroatoms. The van der Waals surface area contributed by atoms with Gasteiger partial charge in [0.15, 0.2) is 5.69 Å². The summed E-state index contributed by atoms with van der Waals surface area (Å²) in [7, 11) is 0. The van der Waals surface area contributed by atoms with Crippen LogP contribution in [0.15, 0.2) is 36.4 Å². The number of carbonyl (C=O) groups is 1. The molecule has 0 aliphatic rings. The van der Waals surface area contributed by atoms with Gasteiger partial charge in [-0.2, -0.15) is 0 Å². The molecule has 2 aromatic rings. The van der Waals surface area contributed by atoms with Crippen LogP contribution in [-0.4, -0.2) is 16.1 Å². The van der Waals surface area contributed by atoms with E-state index in [-0.39, 0.29) is 11.6 Å². The lowest BCUT2D eigenvalue weighted by molar-refractivity contribution is 0.0689. The van der Waals surface area contributed by atoms with Crippen LogP contribution >= 0.6 is 23.2 Å². The molecule has 92 valence electrons. The first-order chi connectivity index (χ1) is 8.54. The normalized spacial score (nSPS) is 10.1. The number of hydrogen-bond donors (Lipinski definition) is 1. The second-order valence-electron chi connectivity index (χ2n) is 3.37. The van der Waals surface area contributed by atoms with Crippen LogP contribution in [0.2, 0.25) is 10.0 Å². The molecule has 0 amide bonds. The average molecular weight is 284 g/mol. The number of aromatic nitrogens is 1. The highest BCUT2D eigenvalue weighted by Crippen LogP contribution is 2.27. The first-order valence-corrected chi connectivity index (χ1v) is 5.64. The number of pyridine rings is 1. The summed E-state index contributed by atoms with van der Waals surface area (Å²) in [6, 6.07) is 9.14. The van der Waals surface area contributed by atoms with Crippen LogP contribution in [0.1, 0.15) is 10.5 Å². The van der Waals surface area contributed by atoms with Gasteiger partial charge in [0.2, 0.25) is 5.88 Å². The minimum atomic E-state index is -1.12. The summed E-state index contributed by atoms with van der Waals surface area (Å²) in [6.07, 6.45) is 0. The minimum Gasteiger partial charge on any atom is -0.477 e. The number of ether oxygens (including phenoxy) is 1. The maximum Gasteiger partial charge on any atom is 0.354 e. The van der Waals surface area contributed by atoms with Crippen molar-refractivity contribution in [1.29, 1.82) is 0 Å². The van der Waals surface area contributed by atoms with Crippen LogP contribution in [0.5, 0.6) is 11.6 Å². The summed E-state index contributed by atoms with van der Waals surface area (Å²) in [4.78, 5) is 14.6. The number of hydrogen-bond acceptors (Lipinski definition) is 3. The number of halogens is 2. The Morgan fingerprint density at radius 2 is 1.83 bits per heavy atom. The van der Waals surface area contributed by atoms with Crippen molar-refractivity contribution in [3.63, 3.8) is 0 Å². The van der Waals surface area contributed by atoms with E-state index in [1.165, 1.54) is 12.1 Å². The van der Waals surface area contributed by atoms with Crippen molar-refractivity contribution in [2.45, 2.75) is 0 Å². The smallest absolute Gasteiger partial charge is 0.354 e. The van der Waals surface area contributed by atoms with Gasteiger partial charge in [-0.3, -0.25) is 0 Å². The first-order valence-electron chi connectivity index (χ1n) is 4.89. The Balaban J connectivity index is 2.28. The Morgan fingerprint density at radius 1 is 1.17 bits per heavy atom. The molecule has 2 rings (SSSR count). The van der Waals surface area contributed by atoms with Gasteiger partial charge in [-0.15, -0.1) is 0 Å². The standard InChI is InChI=1S/C12H7Cl2NO3/c13-7-4-8(14)6-9(5-7)18-11-3-1-2-10(15-11)12(16)17/h1-6H,(H,16,17). The van der Waals surface area contributed by atoms with Crippen molar-refractivity contribution >= 4 is 29.2 Å². The largest absolute Gasteiger partial charge is 0.477 e. The van der Waals surface area contributed by atoms with Gasteiger partial charge in [-0.05, 0) is 24.3 Å². The zero-order valence-corrected chi connectivity index (χ0v) is 10.4. The van der Waals surface area contributed by atoms with E-state index in [2.05, 4.69) is 4.98 Å². The number of carboxylic acids is 1. The molecule has 4 nitrogen and oxygen atoms in total. The lowest BCUT2D eigenvalue weighted by Gasteiger charge is -2.06. The van der Waals surface area contributed by atoms with Gasteiger partial charge < -0.3 is 9.84 Å². The molecule has 0 spiro atoms. The van der Waals surface area contributed by atoms with Gasteiger partial charge in [-0.1, -0.05) is 29.3 Å². The molecule has 18 heavy (non-hydrogen) atoms. The molecule has 0 saturated carbocycles. The molecule has 1 N–H and O–H groups in total. The zero-order chi connectivity index (χ0) is 13.1. The topological polar surface area (TPSA) is 59.4 Å². The van der Waals surface area contributed by atoms with Crippen molar-refractivity contribution in [2.75, 3.05) is 0 Å². The van der Waals surface area contributed by atoms with Crippen molar-refractivity contribution in [3.05, 3.63) is 52.1 Å². The van der Waals surface area contributed by atoms with Crippen molar-refractivity contribution in [3.8, 4) is 11.6 Å². The predicted octanol–water partition coefficient (Wildman–Crippen LogP) is 3.88. The van der Waals surface area contributed by atoms with Crippen LogP contribution in [-0.2, 0) is 0 Å². The van der Waals surface area contributed by atoms with E-state index < -0.39 is 5.97 Å². The fourth-order valence-corrected chi connectivity index (χ4v) is 1.81. The fourth-order valence-electron chi connectivity index (χ4n) is 1.30. The Hall–Kier alpha value is -1.78. The van der Waals surface area contributed by atoms with Crippen LogP contribution in [0.4, 0.5) is 0 Å². The molecule has 0 unspecified atom stereocenters. The van der Waals surface area contributed by atoms with E-state index >= 15 is 0 Å². The summed E-state index contributed by atoms with van der Waals surface area (Å²) >= 11 is 11.6. The van der Waals surface area contributed by atoms with Gasteiger partial charge >= 0.3 is 5.97 Å². The third-order valence-electron chi connectivity index (χ3n) is 2.00. The molecule has 1 aromatic heterocycles. The first kappa shape index (κ1) is 12.7. The fraction of sp³-hybridized carbons (Fsp3) is 0. The van der Waals surface area contributed by atoms with E-state index in [1.54, 1.807) is 24.3 Å². The number of benzene rings is 1. The highest BCUT2D eigenvalue weighted by Gasteiger charge is 2.07. The van der Waals surface area contributed by atoms with Crippen LogP contribution in [0, 0.1) is 0 Å². The highest BCUT2D eigenvalue weighted by molar-refractivity contribution is 6.34. The van der Waals surface area contributed by atoms with E-state index in [0.717, 1.165) is 0 Å². The van der Waals surface area contributed by atoms with Crippen molar-refractivity contribution in [1.82, 2.24) is 4.98 Å². The molecular formula is C12H7Cl2NO3. The molecule has 0 fully saturated rings. The molecule has 0 bridgehead atoms. The third-order valence-corrected chi connectivity index (χ3v) is 2.44. The Bertz CT molecular complexity index is 581. The summed E-state index contributed by atoms with van der Waals surface area (Å²) in [5.74, 6) is -0.569. The number of aromatic carboxylic acids is 1.